The number of nitrogens with zero attached hydrogens (tertiary/aromatic N) is 4. The Morgan fingerprint density at radius 1 is 1.11 bits per heavy atom. The Hall–Kier alpha value is -2.91. The lowest BCUT2D eigenvalue weighted by atomic mass is 10.1. The highest BCUT2D eigenvalue weighted by molar-refractivity contribution is 5.94. The van der Waals surface area contributed by atoms with E-state index in [1.807, 2.05) is 0 Å². The molecule has 1 aliphatic heterocycles. The Morgan fingerprint density at radius 3 is 2.41 bits per heavy atom. The summed E-state index contributed by atoms with van der Waals surface area (Å²) in [5.74, 6) is -0.793. The van der Waals surface area contributed by atoms with E-state index in [2.05, 4.69) is 9.97 Å². The van der Waals surface area contributed by atoms with Crippen molar-refractivity contribution in [3.05, 3.63) is 47.7 Å². The first-order valence-corrected chi connectivity index (χ1v) is 8.06. The van der Waals surface area contributed by atoms with Crippen molar-refractivity contribution in [2.45, 2.75) is 6.18 Å². The zero-order valence-corrected chi connectivity index (χ0v) is 14.3. The molecule has 0 bridgehead atoms. The van der Waals surface area contributed by atoms with Crippen LogP contribution in [0.1, 0.15) is 16.1 Å². The molecule has 0 radical (unpaired) electrons. The van der Waals surface area contributed by atoms with E-state index in [0.29, 0.717) is 13.1 Å². The number of anilines is 1. The van der Waals surface area contributed by atoms with Crippen LogP contribution < -0.4 is 9.64 Å². The van der Waals surface area contributed by atoms with Crippen molar-refractivity contribution in [2.75, 3.05) is 38.2 Å². The summed E-state index contributed by atoms with van der Waals surface area (Å²) in [5, 5.41) is 0. The van der Waals surface area contributed by atoms with Gasteiger partial charge in [0.15, 0.2) is 11.6 Å². The van der Waals surface area contributed by atoms with Gasteiger partial charge in [-0.25, -0.2) is 14.4 Å². The second kappa shape index (κ2) is 7.37. The summed E-state index contributed by atoms with van der Waals surface area (Å²) in [6.07, 6.45) is -3.68. The van der Waals surface area contributed by atoms with E-state index in [0.717, 1.165) is 18.5 Å². The molecular weight excluding hydrogens is 368 g/mol. The van der Waals surface area contributed by atoms with Gasteiger partial charge in [-0.2, -0.15) is 13.2 Å². The third kappa shape index (κ3) is 4.09. The molecule has 1 aliphatic rings. The Kier molecular flexibility index (Phi) is 5.15. The van der Waals surface area contributed by atoms with Gasteiger partial charge in [0.25, 0.3) is 5.91 Å². The molecule has 0 atom stereocenters. The Bertz CT molecular complexity index is 836. The number of hydrogen-bond acceptors (Lipinski definition) is 5. The summed E-state index contributed by atoms with van der Waals surface area (Å²) >= 11 is 0. The van der Waals surface area contributed by atoms with Gasteiger partial charge >= 0.3 is 6.18 Å². The van der Waals surface area contributed by atoms with E-state index in [4.69, 9.17) is 4.74 Å². The highest BCUT2D eigenvalue weighted by Gasteiger charge is 2.33. The highest BCUT2D eigenvalue weighted by Crippen LogP contribution is 2.29. The molecule has 1 fully saturated rings. The van der Waals surface area contributed by atoms with Gasteiger partial charge in [0, 0.05) is 37.8 Å². The summed E-state index contributed by atoms with van der Waals surface area (Å²) in [6, 6.07) is 4.83. The van der Waals surface area contributed by atoms with Crippen LogP contribution in [0.3, 0.4) is 0 Å². The van der Waals surface area contributed by atoms with Crippen LogP contribution in [-0.4, -0.2) is 54.1 Å². The minimum absolute atomic E-state index is 0.0422. The van der Waals surface area contributed by atoms with Crippen LogP contribution in [0.15, 0.2) is 30.6 Å². The second-order valence-corrected chi connectivity index (χ2v) is 5.89. The first kappa shape index (κ1) is 18.9. The molecule has 10 heteroatoms. The minimum atomic E-state index is -4.55. The maximum atomic E-state index is 13.8. The van der Waals surface area contributed by atoms with Gasteiger partial charge in [0.1, 0.15) is 17.8 Å². The van der Waals surface area contributed by atoms with Gasteiger partial charge in [-0.15, -0.1) is 0 Å². The van der Waals surface area contributed by atoms with Crippen LogP contribution in [-0.2, 0) is 6.18 Å². The molecule has 0 spiro atoms. The van der Waals surface area contributed by atoms with Crippen LogP contribution in [0.25, 0.3) is 0 Å². The molecular formula is C17H16F4N4O2. The predicted molar refractivity (Wildman–Crippen MR) is 88.1 cm³/mol. The number of piperazine rings is 1. The van der Waals surface area contributed by atoms with Crippen LogP contribution >= 0.6 is 0 Å². The van der Waals surface area contributed by atoms with Crippen molar-refractivity contribution < 1.29 is 27.1 Å². The monoisotopic (exact) mass is 384 g/mol. The standard InChI is InChI=1S/C17H16F4N4O2/c1-27-13-3-2-11(8-12(13)18)16(26)25-6-4-24(5-7-25)15-9-14(17(19,20)21)22-10-23-15/h2-3,8-10H,4-7H2,1H3. The molecule has 144 valence electrons. The van der Waals surface area contributed by atoms with Gasteiger partial charge in [-0.3, -0.25) is 4.79 Å². The molecule has 0 N–H and O–H groups in total. The van der Waals surface area contributed by atoms with Crippen LogP contribution in [0.2, 0.25) is 0 Å². The third-order valence-electron chi connectivity index (χ3n) is 4.23. The molecule has 2 aromatic rings. The predicted octanol–water partition coefficient (Wildman–Crippen LogP) is 2.61. The van der Waals surface area contributed by atoms with Gasteiger partial charge in [0.2, 0.25) is 0 Å². The maximum absolute atomic E-state index is 13.8. The fourth-order valence-electron chi connectivity index (χ4n) is 2.80. The molecule has 1 aromatic heterocycles. The van der Waals surface area contributed by atoms with Crippen molar-refractivity contribution in [1.29, 1.82) is 0 Å². The van der Waals surface area contributed by atoms with Crippen LogP contribution in [0.5, 0.6) is 5.75 Å². The van der Waals surface area contributed by atoms with Gasteiger partial charge in [0.05, 0.1) is 7.11 Å². The number of aromatic nitrogens is 2. The molecule has 1 amide bonds. The lowest BCUT2D eigenvalue weighted by molar-refractivity contribution is -0.141. The fourth-order valence-corrected chi connectivity index (χ4v) is 2.80. The Balaban J connectivity index is 1.67. The highest BCUT2D eigenvalue weighted by atomic mass is 19.4. The zero-order chi connectivity index (χ0) is 19.6. The average Bonchev–Trinajstić information content (AvgIpc) is 2.67. The van der Waals surface area contributed by atoms with E-state index in [9.17, 15) is 22.4 Å². The number of rotatable bonds is 3. The molecule has 2 heterocycles. The summed E-state index contributed by atoms with van der Waals surface area (Å²) in [4.78, 5) is 22.8. The smallest absolute Gasteiger partial charge is 0.433 e. The van der Waals surface area contributed by atoms with Crippen molar-refractivity contribution in [1.82, 2.24) is 14.9 Å². The summed E-state index contributed by atoms with van der Waals surface area (Å²) < 4.78 is 56.9. The molecule has 0 saturated carbocycles. The van der Waals surface area contributed by atoms with E-state index in [1.165, 1.54) is 24.1 Å². The topological polar surface area (TPSA) is 58.6 Å². The maximum Gasteiger partial charge on any atom is 0.433 e. The average molecular weight is 384 g/mol. The SMILES string of the molecule is COc1ccc(C(=O)N2CCN(c3cc(C(F)(F)F)ncn3)CC2)cc1F. The number of carbonyl (C=O) groups excluding carboxylic acids is 1. The summed E-state index contributed by atoms with van der Waals surface area (Å²) in [7, 11) is 1.33. The fraction of sp³-hybridized carbons (Fsp3) is 0.353. The normalized spacial score (nSPS) is 15.0. The molecule has 0 unspecified atom stereocenters. The number of alkyl halides is 3. The number of methoxy groups -OCH3 is 1. The first-order valence-electron chi connectivity index (χ1n) is 8.06. The first-order chi connectivity index (χ1) is 12.8. The van der Waals surface area contributed by atoms with Gasteiger partial charge in [-0.05, 0) is 18.2 Å². The lowest BCUT2D eigenvalue weighted by Crippen LogP contribution is -2.49. The zero-order valence-electron chi connectivity index (χ0n) is 14.3. The second-order valence-electron chi connectivity index (χ2n) is 5.89. The molecule has 0 aliphatic carbocycles. The molecule has 1 aromatic carbocycles. The minimum Gasteiger partial charge on any atom is -0.494 e. The van der Waals surface area contributed by atoms with Crippen molar-refractivity contribution >= 4 is 11.7 Å². The van der Waals surface area contributed by atoms with Crippen molar-refractivity contribution in [3.63, 3.8) is 0 Å². The number of ether oxygens (including phenoxy) is 1. The Morgan fingerprint density at radius 2 is 1.81 bits per heavy atom. The lowest BCUT2D eigenvalue weighted by Gasteiger charge is -2.35. The van der Waals surface area contributed by atoms with E-state index < -0.39 is 17.7 Å². The number of benzene rings is 1. The molecule has 6 nitrogen and oxygen atoms in total. The molecule has 27 heavy (non-hydrogen) atoms. The van der Waals surface area contributed by atoms with Crippen LogP contribution in [0.4, 0.5) is 23.4 Å². The van der Waals surface area contributed by atoms with Crippen LogP contribution in [0, 0.1) is 5.82 Å². The quantitative estimate of drug-likeness (QED) is 0.762. The molecule has 1 saturated heterocycles. The van der Waals surface area contributed by atoms with Gasteiger partial charge in [-0.1, -0.05) is 0 Å². The van der Waals surface area contributed by atoms with Gasteiger partial charge < -0.3 is 14.5 Å². The summed E-state index contributed by atoms with van der Waals surface area (Å²) in [6.45, 7) is 1.16. The third-order valence-corrected chi connectivity index (χ3v) is 4.23. The largest absolute Gasteiger partial charge is 0.494 e. The number of carbonyl (C=O) groups is 1. The van der Waals surface area contributed by atoms with Crippen molar-refractivity contribution in [2.24, 2.45) is 0 Å². The van der Waals surface area contributed by atoms with E-state index >= 15 is 0 Å². The van der Waals surface area contributed by atoms with E-state index in [-0.39, 0.29) is 36.1 Å². The number of halogens is 4. The van der Waals surface area contributed by atoms with Crippen molar-refractivity contribution in [3.8, 4) is 5.75 Å². The molecule has 3 rings (SSSR count). The number of amides is 1. The van der Waals surface area contributed by atoms with E-state index in [1.54, 1.807) is 4.90 Å². The summed E-state index contributed by atoms with van der Waals surface area (Å²) in [5.41, 5.74) is -0.831. The number of hydrogen-bond donors (Lipinski definition) is 0. The Labute approximate surface area is 152 Å².